The summed E-state index contributed by atoms with van der Waals surface area (Å²) in [6.45, 7) is 0. The molecule has 0 bridgehead atoms. The van der Waals surface area contributed by atoms with E-state index in [1.165, 1.54) is 24.3 Å². The second-order valence-electron chi connectivity index (χ2n) is 5.11. The molecular weight excluding hydrogens is 308 g/mol. The lowest BCUT2D eigenvalue weighted by Crippen LogP contribution is -2.42. The minimum atomic E-state index is -1.12. The predicted octanol–water partition coefficient (Wildman–Crippen LogP) is 1.99. The number of rotatable bonds is 6. The molecule has 0 radical (unpaired) electrons. The first-order valence-corrected chi connectivity index (χ1v) is 7.20. The Hall–Kier alpha value is -3.33. The normalized spacial score (nSPS) is 11.2. The highest BCUT2D eigenvalue weighted by molar-refractivity contribution is 5.96. The van der Waals surface area contributed by atoms with Gasteiger partial charge in [-0.15, -0.1) is 0 Å². The number of nitriles is 1. The number of methoxy groups -OCH3 is 1. The molecule has 0 aliphatic carbocycles. The summed E-state index contributed by atoms with van der Waals surface area (Å²) in [4.78, 5) is 23.6. The average Bonchev–Trinajstić information content (AvgIpc) is 2.61. The largest absolute Gasteiger partial charge is 0.497 e. The standard InChI is InChI=1S/C18H16N2O4/c1-24-15-8-4-12(5-9-15)10-16(18(22)23)20-17(21)14-6-2-13(11-19)3-7-14/h2-9,16H,10H2,1H3,(H,20,21)(H,22,23)/t16-/m1/s1. The molecule has 0 saturated carbocycles. The summed E-state index contributed by atoms with van der Waals surface area (Å²) in [6.07, 6.45) is 0.154. The number of hydrogen-bond donors (Lipinski definition) is 2. The van der Waals surface area contributed by atoms with Crippen LogP contribution in [0.4, 0.5) is 0 Å². The van der Waals surface area contributed by atoms with Crippen molar-refractivity contribution in [3.05, 3.63) is 65.2 Å². The van der Waals surface area contributed by atoms with Gasteiger partial charge in [-0.1, -0.05) is 12.1 Å². The van der Waals surface area contributed by atoms with Gasteiger partial charge in [-0.25, -0.2) is 4.79 Å². The summed E-state index contributed by atoms with van der Waals surface area (Å²) >= 11 is 0. The number of carbonyl (C=O) groups excluding carboxylic acids is 1. The minimum Gasteiger partial charge on any atom is -0.497 e. The lowest BCUT2D eigenvalue weighted by atomic mass is 10.0. The first-order valence-electron chi connectivity index (χ1n) is 7.20. The zero-order valence-electron chi connectivity index (χ0n) is 13.0. The Labute approximate surface area is 139 Å². The number of ether oxygens (including phenoxy) is 1. The lowest BCUT2D eigenvalue weighted by molar-refractivity contribution is -0.139. The zero-order chi connectivity index (χ0) is 17.5. The summed E-state index contributed by atoms with van der Waals surface area (Å²) in [5.41, 5.74) is 1.50. The van der Waals surface area contributed by atoms with Gasteiger partial charge in [0, 0.05) is 12.0 Å². The maximum atomic E-state index is 12.2. The number of hydrogen-bond acceptors (Lipinski definition) is 4. The van der Waals surface area contributed by atoms with E-state index < -0.39 is 17.9 Å². The minimum absolute atomic E-state index is 0.154. The van der Waals surface area contributed by atoms with Gasteiger partial charge in [0.2, 0.25) is 0 Å². The average molecular weight is 324 g/mol. The molecular formula is C18H16N2O4. The van der Waals surface area contributed by atoms with Crippen molar-refractivity contribution in [2.24, 2.45) is 0 Å². The van der Waals surface area contributed by atoms with E-state index in [0.29, 0.717) is 16.9 Å². The van der Waals surface area contributed by atoms with E-state index in [4.69, 9.17) is 10.00 Å². The zero-order valence-corrected chi connectivity index (χ0v) is 13.0. The number of benzene rings is 2. The Morgan fingerprint density at radius 3 is 2.29 bits per heavy atom. The number of nitrogens with zero attached hydrogens (tertiary/aromatic N) is 1. The van der Waals surface area contributed by atoms with Crippen LogP contribution < -0.4 is 10.1 Å². The number of carboxylic acids is 1. The van der Waals surface area contributed by atoms with Crippen LogP contribution in [0.2, 0.25) is 0 Å². The fourth-order valence-electron chi connectivity index (χ4n) is 2.14. The van der Waals surface area contributed by atoms with Crippen molar-refractivity contribution in [3.8, 4) is 11.8 Å². The van der Waals surface area contributed by atoms with Gasteiger partial charge in [0.05, 0.1) is 18.7 Å². The summed E-state index contributed by atoms with van der Waals surface area (Å²) < 4.78 is 5.05. The van der Waals surface area contributed by atoms with E-state index in [-0.39, 0.29) is 6.42 Å². The molecule has 2 rings (SSSR count). The molecule has 2 N–H and O–H groups in total. The molecule has 0 unspecified atom stereocenters. The summed E-state index contributed by atoms with van der Waals surface area (Å²) in [5.74, 6) is -0.944. The van der Waals surface area contributed by atoms with E-state index in [1.807, 2.05) is 6.07 Å². The van der Waals surface area contributed by atoms with Crippen LogP contribution in [0, 0.1) is 11.3 Å². The number of amides is 1. The van der Waals surface area contributed by atoms with Crippen LogP contribution >= 0.6 is 0 Å². The molecule has 0 aliphatic rings. The quantitative estimate of drug-likeness (QED) is 0.846. The maximum absolute atomic E-state index is 12.2. The Balaban J connectivity index is 2.08. The first kappa shape index (κ1) is 17.0. The highest BCUT2D eigenvalue weighted by Crippen LogP contribution is 2.13. The van der Waals surface area contributed by atoms with Gasteiger partial charge in [-0.05, 0) is 42.0 Å². The topological polar surface area (TPSA) is 99.4 Å². The fraction of sp³-hybridized carbons (Fsp3) is 0.167. The molecule has 122 valence electrons. The van der Waals surface area contributed by atoms with E-state index in [1.54, 1.807) is 31.4 Å². The lowest BCUT2D eigenvalue weighted by Gasteiger charge is -2.15. The van der Waals surface area contributed by atoms with Crippen LogP contribution in [0.15, 0.2) is 48.5 Å². The van der Waals surface area contributed by atoms with Crippen LogP contribution in [-0.4, -0.2) is 30.1 Å². The SMILES string of the molecule is COc1ccc(C[C@@H](NC(=O)c2ccc(C#N)cc2)C(=O)O)cc1. The third-order valence-corrected chi connectivity index (χ3v) is 3.48. The molecule has 2 aromatic rings. The molecule has 0 saturated heterocycles. The smallest absolute Gasteiger partial charge is 0.326 e. The highest BCUT2D eigenvalue weighted by Gasteiger charge is 2.21. The van der Waals surface area contributed by atoms with Crippen molar-refractivity contribution in [1.29, 1.82) is 5.26 Å². The third kappa shape index (κ3) is 4.34. The number of carbonyl (C=O) groups is 2. The molecule has 0 aromatic heterocycles. The highest BCUT2D eigenvalue weighted by atomic mass is 16.5. The molecule has 2 aromatic carbocycles. The van der Waals surface area contributed by atoms with E-state index in [2.05, 4.69) is 5.32 Å². The van der Waals surface area contributed by atoms with Crippen molar-refractivity contribution in [2.75, 3.05) is 7.11 Å². The fourth-order valence-corrected chi connectivity index (χ4v) is 2.14. The van der Waals surface area contributed by atoms with Gasteiger partial charge in [0.1, 0.15) is 11.8 Å². The van der Waals surface area contributed by atoms with Crippen molar-refractivity contribution in [2.45, 2.75) is 12.5 Å². The molecule has 0 spiro atoms. The van der Waals surface area contributed by atoms with Gasteiger partial charge in [0.15, 0.2) is 0 Å². The Morgan fingerprint density at radius 1 is 1.17 bits per heavy atom. The summed E-state index contributed by atoms with van der Waals surface area (Å²) in [6, 6.07) is 13.9. The number of aliphatic carboxylic acids is 1. The van der Waals surface area contributed by atoms with Crippen LogP contribution in [0.5, 0.6) is 5.75 Å². The Bertz CT molecular complexity index is 761. The third-order valence-electron chi connectivity index (χ3n) is 3.48. The molecule has 1 amide bonds. The number of carboxylic acid groups (broad SMARTS) is 1. The summed E-state index contributed by atoms with van der Waals surface area (Å²) in [5, 5.41) is 20.6. The van der Waals surface area contributed by atoms with E-state index >= 15 is 0 Å². The van der Waals surface area contributed by atoms with Gasteiger partial charge >= 0.3 is 5.97 Å². The van der Waals surface area contributed by atoms with E-state index in [0.717, 1.165) is 5.56 Å². The van der Waals surface area contributed by atoms with Gasteiger partial charge in [-0.2, -0.15) is 5.26 Å². The molecule has 24 heavy (non-hydrogen) atoms. The Morgan fingerprint density at radius 2 is 1.79 bits per heavy atom. The van der Waals surface area contributed by atoms with Crippen LogP contribution in [-0.2, 0) is 11.2 Å². The van der Waals surface area contributed by atoms with Crippen molar-refractivity contribution < 1.29 is 19.4 Å². The predicted molar refractivity (Wildman–Crippen MR) is 86.7 cm³/mol. The number of nitrogens with one attached hydrogen (secondary N) is 1. The van der Waals surface area contributed by atoms with Crippen molar-refractivity contribution in [3.63, 3.8) is 0 Å². The molecule has 1 atom stereocenters. The second-order valence-corrected chi connectivity index (χ2v) is 5.11. The van der Waals surface area contributed by atoms with Gasteiger partial charge in [0.25, 0.3) is 5.91 Å². The molecule has 6 heteroatoms. The molecule has 0 fully saturated rings. The maximum Gasteiger partial charge on any atom is 0.326 e. The molecule has 0 heterocycles. The van der Waals surface area contributed by atoms with Crippen LogP contribution in [0.3, 0.4) is 0 Å². The second kappa shape index (κ2) is 7.79. The van der Waals surface area contributed by atoms with Crippen LogP contribution in [0.25, 0.3) is 0 Å². The van der Waals surface area contributed by atoms with Gasteiger partial charge in [-0.3, -0.25) is 4.79 Å². The van der Waals surface area contributed by atoms with Crippen LogP contribution in [0.1, 0.15) is 21.5 Å². The molecule has 0 aliphatic heterocycles. The van der Waals surface area contributed by atoms with Crippen molar-refractivity contribution >= 4 is 11.9 Å². The monoisotopic (exact) mass is 324 g/mol. The van der Waals surface area contributed by atoms with Gasteiger partial charge < -0.3 is 15.2 Å². The summed E-state index contributed by atoms with van der Waals surface area (Å²) in [7, 11) is 1.55. The van der Waals surface area contributed by atoms with E-state index in [9.17, 15) is 14.7 Å². The molecule has 6 nitrogen and oxygen atoms in total. The Kier molecular flexibility index (Phi) is 5.53. The first-order chi connectivity index (χ1) is 11.5. The van der Waals surface area contributed by atoms with Crippen molar-refractivity contribution in [1.82, 2.24) is 5.32 Å².